The van der Waals surface area contributed by atoms with Crippen molar-refractivity contribution in [3.8, 4) is 16.3 Å². The highest BCUT2D eigenvalue weighted by Gasteiger charge is 2.14. The molecule has 0 fully saturated rings. The Bertz CT molecular complexity index is 919. The number of thiazole rings is 1. The van der Waals surface area contributed by atoms with Gasteiger partial charge in [-0.2, -0.15) is 0 Å². The van der Waals surface area contributed by atoms with Gasteiger partial charge in [-0.3, -0.25) is 4.79 Å². The molecule has 0 atom stereocenters. The second-order valence-electron chi connectivity index (χ2n) is 5.68. The fourth-order valence-electron chi connectivity index (χ4n) is 2.48. The lowest BCUT2D eigenvalue weighted by atomic mass is 10.1. The molecule has 26 heavy (non-hydrogen) atoms. The van der Waals surface area contributed by atoms with E-state index >= 15 is 0 Å². The second-order valence-corrected chi connectivity index (χ2v) is 6.71. The first kappa shape index (κ1) is 17.9. The van der Waals surface area contributed by atoms with Gasteiger partial charge in [0.25, 0.3) is 0 Å². The monoisotopic (exact) mass is 370 g/mol. The molecular weight excluding hydrogens is 352 g/mol. The van der Waals surface area contributed by atoms with Crippen molar-refractivity contribution in [2.75, 3.05) is 11.9 Å². The number of para-hydroxylation sites is 1. The molecule has 2 aromatic carbocycles. The van der Waals surface area contributed by atoms with E-state index < -0.39 is 12.6 Å². The molecule has 6 nitrogen and oxygen atoms in total. The van der Waals surface area contributed by atoms with Gasteiger partial charge in [0, 0.05) is 12.1 Å². The lowest BCUT2D eigenvalue weighted by Gasteiger charge is -2.11. The number of aromatic nitrogens is 1. The lowest BCUT2D eigenvalue weighted by Crippen LogP contribution is -2.12. The quantitative estimate of drug-likeness (QED) is 0.652. The summed E-state index contributed by atoms with van der Waals surface area (Å²) < 4.78 is 6.43. The first-order valence-electron chi connectivity index (χ1n) is 8.21. The normalized spacial score (nSPS) is 10.7. The Balaban J connectivity index is 1.99. The average molecular weight is 370 g/mol. The van der Waals surface area contributed by atoms with Crippen molar-refractivity contribution in [1.29, 1.82) is 0 Å². The number of fused-ring (bicyclic) bond motifs is 1. The van der Waals surface area contributed by atoms with Gasteiger partial charge in [-0.05, 0) is 36.8 Å². The van der Waals surface area contributed by atoms with Gasteiger partial charge in [-0.1, -0.05) is 19.1 Å². The second kappa shape index (κ2) is 7.97. The molecule has 1 heterocycles. The van der Waals surface area contributed by atoms with Crippen LogP contribution in [0.15, 0.2) is 42.5 Å². The number of rotatable bonds is 7. The Kier molecular flexibility index (Phi) is 5.48. The fraction of sp³-hybridized carbons (Fsp3) is 0.211. The minimum atomic E-state index is -1.06. The Labute approximate surface area is 154 Å². The number of anilines is 1. The molecule has 0 unspecified atom stereocenters. The van der Waals surface area contributed by atoms with Crippen molar-refractivity contribution in [2.45, 2.75) is 19.8 Å². The summed E-state index contributed by atoms with van der Waals surface area (Å²) in [7, 11) is 0. The summed E-state index contributed by atoms with van der Waals surface area (Å²) in [4.78, 5) is 27.3. The molecule has 3 aromatic rings. The van der Waals surface area contributed by atoms with Crippen LogP contribution < -0.4 is 10.1 Å². The molecule has 7 heteroatoms. The van der Waals surface area contributed by atoms with Crippen molar-refractivity contribution < 1.29 is 19.4 Å². The number of carbonyl (C=O) groups excluding carboxylic acids is 1. The lowest BCUT2D eigenvalue weighted by molar-refractivity contribution is -0.139. The molecule has 0 radical (unpaired) electrons. The third-order valence-corrected chi connectivity index (χ3v) is 4.69. The Morgan fingerprint density at radius 3 is 2.77 bits per heavy atom. The number of nitrogens with zero attached hydrogens (tertiary/aromatic N) is 1. The summed E-state index contributed by atoms with van der Waals surface area (Å²) in [5, 5.41) is 12.4. The number of amides is 1. The van der Waals surface area contributed by atoms with E-state index in [0.717, 1.165) is 16.6 Å². The molecule has 0 aliphatic carbocycles. The molecule has 0 aliphatic rings. The summed E-state index contributed by atoms with van der Waals surface area (Å²) in [6.45, 7) is 1.49. The SMILES string of the molecule is CCCC(=O)Nc1ccc(OCC(=O)O)c(-c2nc3ccccc3s2)c1. The standard InChI is InChI=1S/C19H18N2O4S/c1-2-5-17(22)20-12-8-9-15(25-11-18(23)24)13(10-12)19-21-14-6-3-4-7-16(14)26-19/h3-4,6-10H,2,5,11H2,1H3,(H,20,22)(H,23,24). The van der Waals surface area contributed by atoms with Gasteiger partial charge in [0.15, 0.2) is 6.61 Å². The molecule has 0 saturated carbocycles. The third kappa shape index (κ3) is 4.18. The average Bonchev–Trinajstić information content (AvgIpc) is 3.04. The number of ether oxygens (including phenoxy) is 1. The Morgan fingerprint density at radius 2 is 2.04 bits per heavy atom. The van der Waals surface area contributed by atoms with Gasteiger partial charge < -0.3 is 15.2 Å². The maximum Gasteiger partial charge on any atom is 0.341 e. The molecule has 0 spiro atoms. The van der Waals surface area contributed by atoms with E-state index in [1.165, 1.54) is 11.3 Å². The largest absolute Gasteiger partial charge is 0.481 e. The van der Waals surface area contributed by atoms with Crippen LogP contribution in [0, 0.1) is 0 Å². The highest BCUT2D eigenvalue weighted by Crippen LogP contribution is 2.37. The maximum absolute atomic E-state index is 11.9. The number of carboxylic acid groups (broad SMARTS) is 1. The van der Waals surface area contributed by atoms with Crippen LogP contribution in [0.5, 0.6) is 5.75 Å². The van der Waals surface area contributed by atoms with Crippen molar-refractivity contribution in [3.63, 3.8) is 0 Å². The Morgan fingerprint density at radius 1 is 1.23 bits per heavy atom. The number of aliphatic carboxylic acids is 1. The molecular formula is C19H18N2O4S. The van der Waals surface area contributed by atoms with E-state index in [0.29, 0.717) is 28.4 Å². The predicted molar refractivity (Wildman–Crippen MR) is 102 cm³/mol. The minimum absolute atomic E-state index is 0.0676. The number of nitrogens with one attached hydrogen (secondary N) is 1. The van der Waals surface area contributed by atoms with Gasteiger partial charge in [0.05, 0.1) is 15.8 Å². The highest BCUT2D eigenvalue weighted by atomic mass is 32.1. The smallest absolute Gasteiger partial charge is 0.341 e. The zero-order valence-corrected chi connectivity index (χ0v) is 15.0. The van der Waals surface area contributed by atoms with Gasteiger partial charge in [-0.25, -0.2) is 9.78 Å². The molecule has 2 N–H and O–H groups in total. The number of carbonyl (C=O) groups is 2. The summed E-state index contributed by atoms with van der Waals surface area (Å²) in [5.74, 6) is -0.706. The zero-order chi connectivity index (χ0) is 18.5. The molecule has 0 bridgehead atoms. The Hall–Kier alpha value is -2.93. The van der Waals surface area contributed by atoms with Crippen LogP contribution >= 0.6 is 11.3 Å². The van der Waals surface area contributed by atoms with Gasteiger partial charge in [-0.15, -0.1) is 11.3 Å². The summed E-state index contributed by atoms with van der Waals surface area (Å²) in [6.07, 6.45) is 1.20. The number of carboxylic acids is 1. The van der Waals surface area contributed by atoms with Crippen LogP contribution in [0.2, 0.25) is 0 Å². The van der Waals surface area contributed by atoms with Gasteiger partial charge in [0.2, 0.25) is 5.91 Å². The zero-order valence-electron chi connectivity index (χ0n) is 14.2. The van der Waals surface area contributed by atoms with Crippen molar-refractivity contribution in [1.82, 2.24) is 4.98 Å². The van der Waals surface area contributed by atoms with E-state index in [1.807, 2.05) is 31.2 Å². The summed E-state index contributed by atoms with van der Waals surface area (Å²) in [5.41, 5.74) is 2.14. The maximum atomic E-state index is 11.9. The molecule has 3 rings (SSSR count). The molecule has 134 valence electrons. The molecule has 0 saturated heterocycles. The summed E-state index contributed by atoms with van der Waals surface area (Å²) in [6, 6.07) is 12.9. The van der Waals surface area contributed by atoms with Gasteiger partial charge >= 0.3 is 5.97 Å². The minimum Gasteiger partial charge on any atom is -0.481 e. The number of benzene rings is 2. The topological polar surface area (TPSA) is 88.5 Å². The predicted octanol–water partition coefficient (Wildman–Crippen LogP) is 4.17. The van der Waals surface area contributed by atoms with E-state index in [2.05, 4.69) is 10.3 Å². The van der Waals surface area contributed by atoms with Crippen LogP contribution in [0.1, 0.15) is 19.8 Å². The van der Waals surface area contributed by atoms with Crippen molar-refractivity contribution in [3.05, 3.63) is 42.5 Å². The van der Waals surface area contributed by atoms with Crippen LogP contribution in [0.25, 0.3) is 20.8 Å². The summed E-state index contributed by atoms with van der Waals surface area (Å²) >= 11 is 1.49. The first-order chi connectivity index (χ1) is 12.6. The van der Waals surface area contributed by atoms with Crippen LogP contribution in [-0.2, 0) is 9.59 Å². The van der Waals surface area contributed by atoms with Crippen LogP contribution in [0.3, 0.4) is 0 Å². The molecule has 1 amide bonds. The third-order valence-electron chi connectivity index (χ3n) is 3.62. The van der Waals surface area contributed by atoms with E-state index in [1.54, 1.807) is 18.2 Å². The van der Waals surface area contributed by atoms with Gasteiger partial charge in [0.1, 0.15) is 10.8 Å². The van der Waals surface area contributed by atoms with E-state index in [-0.39, 0.29) is 5.91 Å². The molecule has 1 aromatic heterocycles. The number of hydrogen-bond acceptors (Lipinski definition) is 5. The van der Waals surface area contributed by atoms with E-state index in [4.69, 9.17) is 9.84 Å². The van der Waals surface area contributed by atoms with Crippen molar-refractivity contribution in [2.24, 2.45) is 0 Å². The number of hydrogen-bond donors (Lipinski definition) is 2. The fourth-order valence-corrected chi connectivity index (χ4v) is 3.46. The van der Waals surface area contributed by atoms with Crippen LogP contribution in [0.4, 0.5) is 5.69 Å². The first-order valence-corrected chi connectivity index (χ1v) is 9.03. The molecule has 0 aliphatic heterocycles. The van der Waals surface area contributed by atoms with Crippen molar-refractivity contribution >= 4 is 39.1 Å². The van der Waals surface area contributed by atoms with E-state index in [9.17, 15) is 9.59 Å². The highest BCUT2D eigenvalue weighted by molar-refractivity contribution is 7.21. The van der Waals surface area contributed by atoms with Crippen LogP contribution in [-0.4, -0.2) is 28.6 Å².